The minimum absolute atomic E-state index is 0. The first-order valence-corrected chi connectivity index (χ1v) is 1.70. The van der Waals surface area contributed by atoms with E-state index in [9.17, 15) is 0 Å². The number of hydrogen-bond donors (Lipinski definition) is 2. The van der Waals surface area contributed by atoms with E-state index in [4.69, 9.17) is 14.7 Å². The second-order valence-electron chi connectivity index (χ2n) is 0.238. The molecule has 4 N–H and O–H groups in total. The molecule has 0 saturated heterocycles. The fraction of sp³-hybridized carbons (Fsp3) is 0. The van der Waals surface area contributed by atoms with Crippen LogP contribution in [0.2, 0.25) is 0 Å². The van der Waals surface area contributed by atoms with Gasteiger partial charge in [-0.05, 0) is 0 Å². The first-order chi connectivity index (χ1) is 1.73. The molecule has 4 nitrogen and oxygen atoms in total. The van der Waals surface area contributed by atoms with Crippen LogP contribution >= 0.6 is 8.60 Å². The molecular weight excluding hydrogens is 152 g/mol. The summed E-state index contributed by atoms with van der Waals surface area (Å²) in [5, 5.41) is 0. The second kappa shape index (κ2) is 9.23. The Kier molecular flexibility index (Phi) is 24.4. The van der Waals surface area contributed by atoms with Gasteiger partial charge in [-0.25, -0.2) is 0 Å². The maximum Gasteiger partial charge on any atom is 2.00 e. The Balaban J connectivity index is -0.0000000450. The van der Waals surface area contributed by atoms with Crippen LogP contribution in [0.25, 0.3) is 0 Å². The van der Waals surface area contributed by atoms with Crippen LogP contribution in [0.5, 0.6) is 0 Å². The summed E-state index contributed by atoms with van der Waals surface area (Å²) < 4.78 is 0. The Morgan fingerprint density at radius 2 is 1.33 bits per heavy atom. The van der Waals surface area contributed by atoms with Crippen LogP contribution in [0, 0.1) is 0 Å². The zero-order valence-corrected chi connectivity index (χ0v) is 4.62. The molecule has 0 rings (SSSR count). The van der Waals surface area contributed by atoms with Gasteiger partial charge < -0.3 is 20.8 Å². The molecule has 0 aliphatic rings. The quantitative estimate of drug-likeness (QED) is 0.315. The summed E-state index contributed by atoms with van der Waals surface area (Å²) in [5.74, 6) is 0. The maximum atomic E-state index is 8.59. The van der Waals surface area contributed by atoms with E-state index in [0.29, 0.717) is 0 Å². The Hall–Kier alpha value is 0.764. The summed E-state index contributed by atoms with van der Waals surface area (Å²) >= 11 is 0. The van der Waals surface area contributed by atoms with Gasteiger partial charge in [-0.2, -0.15) is 8.60 Å². The van der Waals surface area contributed by atoms with Gasteiger partial charge in [-0.1, -0.05) is 0 Å². The molecule has 0 aromatic carbocycles. The van der Waals surface area contributed by atoms with Crippen molar-refractivity contribution in [3.8, 4) is 0 Å². The SMILES string of the molecule is N.[Ni+2].[O-]P([O-])O. The van der Waals surface area contributed by atoms with Gasteiger partial charge in [-0.3, -0.25) is 0 Å². The second-order valence-corrected chi connectivity index (χ2v) is 0.714. The molecule has 0 aliphatic carbocycles. The molecular formula is H4NNiO3P. The van der Waals surface area contributed by atoms with Gasteiger partial charge in [0.1, 0.15) is 0 Å². The Bertz CT molecular complexity index is 15.5. The summed E-state index contributed by atoms with van der Waals surface area (Å²) in [6.45, 7) is 0. The van der Waals surface area contributed by atoms with Gasteiger partial charge in [0.05, 0.1) is 0 Å². The van der Waals surface area contributed by atoms with Crippen molar-refractivity contribution in [1.82, 2.24) is 6.15 Å². The van der Waals surface area contributed by atoms with E-state index < -0.39 is 8.60 Å². The van der Waals surface area contributed by atoms with Gasteiger partial charge in [0.25, 0.3) is 0 Å². The first kappa shape index (κ1) is 15.9. The minimum atomic E-state index is -3.12. The monoisotopic (exact) mass is 155 g/mol. The Morgan fingerprint density at radius 1 is 1.33 bits per heavy atom. The van der Waals surface area contributed by atoms with Crippen LogP contribution in [0.1, 0.15) is 0 Å². The molecule has 0 bridgehead atoms. The number of rotatable bonds is 0. The summed E-state index contributed by atoms with van der Waals surface area (Å²) in [7, 11) is -3.12. The maximum absolute atomic E-state index is 8.59. The molecule has 0 fully saturated rings. The summed E-state index contributed by atoms with van der Waals surface area (Å²) in [6.07, 6.45) is 0. The molecule has 0 spiro atoms. The van der Waals surface area contributed by atoms with Gasteiger partial charge in [0.15, 0.2) is 0 Å². The number of hydrogen-bond acceptors (Lipinski definition) is 4. The fourth-order valence-corrected chi connectivity index (χ4v) is 0. The average Bonchev–Trinajstić information content (AvgIpc) is 0.811. The molecule has 0 unspecified atom stereocenters. The zero-order chi connectivity index (χ0) is 3.58. The largest absolute Gasteiger partial charge is 2.00 e. The minimum Gasteiger partial charge on any atom is -0.820 e. The van der Waals surface area contributed by atoms with Crippen molar-refractivity contribution in [2.45, 2.75) is 0 Å². The smallest absolute Gasteiger partial charge is 0.820 e. The van der Waals surface area contributed by atoms with Gasteiger partial charge >= 0.3 is 16.5 Å². The van der Waals surface area contributed by atoms with E-state index in [1.807, 2.05) is 0 Å². The van der Waals surface area contributed by atoms with Crippen molar-refractivity contribution >= 4 is 8.60 Å². The molecule has 0 amide bonds. The van der Waals surface area contributed by atoms with Crippen molar-refractivity contribution in [3.63, 3.8) is 0 Å². The molecule has 6 heavy (non-hydrogen) atoms. The third kappa shape index (κ3) is 116. The van der Waals surface area contributed by atoms with Gasteiger partial charge in [-0.15, -0.1) is 0 Å². The van der Waals surface area contributed by atoms with E-state index in [0.717, 1.165) is 0 Å². The summed E-state index contributed by atoms with van der Waals surface area (Å²) in [5.41, 5.74) is 0. The molecule has 0 aromatic heterocycles. The van der Waals surface area contributed by atoms with E-state index in [-0.39, 0.29) is 22.6 Å². The van der Waals surface area contributed by atoms with Crippen LogP contribution in [0.15, 0.2) is 0 Å². The van der Waals surface area contributed by atoms with Crippen molar-refractivity contribution < 1.29 is 31.2 Å². The zero-order valence-electron chi connectivity index (χ0n) is 2.73. The van der Waals surface area contributed by atoms with Crippen LogP contribution in [-0.2, 0) is 16.5 Å². The van der Waals surface area contributed by atoms with Crippen molar-refractivity contribution in [2.75, 3.05) is 0 Å². The van der Waals surface area contributed by atoms with Crippen molar-refractivity contribution in [1.29, 1.82) is 0 Å². The molecule has 0 heterocycles. The molecule has 0 aliphatic heterocycles. The van der Waals surface area contributed by atoms with E-state index in [1.165, 1.54) is 0 Å². The van der Waals surface area contributed by atoms with Crippen LogP contribution < -0.4 is 15.9 Å². The molecule has 0 atom stereocenters. The van der Waals surface area contributed by atoms with E-state index in [1.54, 1.807) is 0 Å². The third-order valence-corrected chi connectivity index (χ3v) is 0. The van der Waals surface area contributed by atoms with E-state index in [2.05, 4.69) is 0 Å². The standard InChI is InChI=1S/H3N.Ni.HO3P/c;;1-4(2)3/h1H3;;1H/q;+2;-2. The third-order valence-electron chi connectivity index (χ3n) is 0. The predicted molar refractivity (Wildman–Crippen MR) is 14.2 cm³/mol. The molecule has 0 radical (unpaired) electrons. The fourth-order valence-electron chi connectivity index (χ4n) is 0. The predicted octanol–water partition coefficient (Wildman–Crippen LogP) is -1.91. The molecule has 0 saturated carbocycles. The molecule has 6 heteroatoms. The van der Waals surface area contributed by atoms with Gasteiger partial charge in [0, 0.05) is 0 Å². The topological polar surface area (TPSA) is 101 Å². The van der Waals surface area contributed by atoms with Crippen LogP contribution in [0.4, 0.5) is 0 Å². The van der Waals surface area contributed by atoms with Crippen LogP contribution in [0.3, 0.4) is 0 Å². The van der Waals surface area contributed by atoms with Gasteiger partial charge in [0.2, 0.25) is 0 Å². The normalized spacial score (nSPS) is 6.00. The van der Waals surface area contributed by atoms with Crippen molar-refractivity contribution in [2.24, 2.45) is 0 Å². The molecule has 0 aromatic rings. The van der Waals surface area contributed by atoms with Crippen molar-refractivity contribution in [3.05, 3.63) is 0 Å². The van der Waals surface area contributed by atoms with Crippen LogP contribution in [-0.4, -0.2) is 4.89 Å². The van der Waals surface area contributed by atoms with E-state index >= 15 is 0 Å². The summed E-state index contributed by atoms with van der Waals surface area (Å²) in [6, 6.07) is 0. The first-order valence-electron chi connectivity index (χ1n) is 0.565. The Labute approximate surface area is 46.7 Å². The summed E-state index contributed by atoms with van der Waals surface area (Å²) in [4.78, 5) is 24.2. The average molecular weight is 156 g/mol. The molecule has 42 valence electrons. The Morgan fingerprint density at radius 3 is 1.33 bits per heavy atom.